The van der Waals surface area contributed by atoms with Crippen molar-refractivity contribution in [3.63, 3.8) is 0 Å². The summed E-state index contributed by atoms with van der Waals surface area (Å²) in [6, 6.07) is 0. The van der Waals surface area contributed by atoms with Crippen LogP contribution in [0.5, 0.6) is 0 Å². The number of aliphatic carboxylic acids is 1. The van der Waals surface area contributed by atoms with Crippen LogP contribution in [-0.4, -0.2) is 11.1 Å². The predicted molar refractivity (Wildman–Crippen MR) is 86.9 cm³/mol. The van der Waals surface area contributed by atoms with Crippen LogP contribution in [0.2, 0.25) is 0 Å². The Hall–Kier alpha value is -1.31. The van der Waals surface area contributed by atoms with Gasteiger partial charge in [-0.15, -0.1) is 0 Å². The predicted octanol–water partition coefficient (Wildman–Crippen LogP) is 5.66. The molecule has 0 atom stereocenters. The van der Waals surface area contributed by atoms with Crippen molar-refractivity contribution >= 4 is 5.97 Å². The molecule has 0 spiro atoms. The maximum absolute atomic E-state index is 10.3. The number of carbonyl (C=O) groups is 1. The first-order chi connectivity index (χ1) is 9.77. The number of allylic oxidation sites excluding steroid dienone is 6. The molecule has 0 unspecified atom stereocenters. The van der Waals surface area contributed by atoms with Crippen LogP contribution in [0.25, 0.3) is 0 Å². The van der Waals surface area contributed by atoms with Crippen molar-refractivity contribution in [1.29, 1.82) is 0 Å². The van der Waals surface area contributed by atoms with Gasteiger partial charge in [0.05, 0.1) is 0 Å². The topological polar surface area (TPSA) is 37.3 Å². The van der Waals surface area contributed by atoms with E-state index in [0.717, 1.165) is 25.7 Å². The summed E-state index contributed by atoms with van der Waals surface area (Å²) in [7, 11) is 0. The molecule has 0 heterocycles. The molecule has 0 aliphatic rings. The third-order valence-electron chi connectivity index (χ3n) is 3.09. The summed E-state index contributed by atoms with van der Waals surface area (Å²) in [6.45, 7) is 2.21. The SMILES string of the molecule is CCCC/C=C/C=C\C=C/CCCCCCCC(=O)O. The van der Waals surface area contributed by atoms with E-state index < -0.39 is 5.97 Å². The van der Waals surface area contributed by atoms with Gasteiger partial charge in [-0.2, -0.15) is 0 Å². The fourth-order valence-electron chi connectivity index (χ4n) is 1.87. The van der Waals surface area contributed by atoms with Gasteiger partial charge in [0.1, 0.15) is 0 Å². The summed E-state index contributed by atoms with van der Waals surface area (Å²) in [6.07, 6.45) is 23.3. The van der Waals surface area contributed by atoms with Crippen LogP contribution in [0.1, 0.15) is 71.1 Å². The highest BCUT2D eigenvalue weighted by molar-refractivity contribution is 5.66. The van der Waals surface area contributed by atoms with Gasteiger partial charge >= 0.3 is 5.97 Å². The molecule has 0 aromatic carbocycles. The molecule has 114 valence electrons. The van der Waals surface area contributed by atoms with Gasteiger partial charge in [0, 0.05) is 6.42 Å². The Morgan fingerprint density at radius 3 is 1.95 bits per heavy atom. The molecule has 0 fully saturated rings. The summed E-state index contributed by atoms with van der Waals surface area (Å²) in [4.78, 5) is 10.3. The van der Waals surface area contributed by atoms with E-state index in [1.807, 2.05) is 0 Å². The molecule has 0 aliphatic heterocycles. The Morgan fingerprint density at radius 2 is 1.35 bits per heavy atom. The van der Waals surface area contributed by atoms with E-state index >= 15 is 0 Å². The van der Waals surface area contributed by atoms with Crippen molar-refractivity contribution < 1.29 is 9.90 Å². The van der Waals surface area contributed by atoms with Gasteiger partial charge in [0.2, 0.25) is 0 Å². The Bertz CT molecular complexity index is 301. The minimum absolute atomic E-state index is 0.316. The molecule has 2 heteroatoms. The van der Waals surface area contributed by atoms with Crippen molar-refractivity contribution in [3.8, 4) is 0 Å². The smallest absolute Gasteiger partial charge is 0.303 e. The molecule has 2 nitrogen and oxygen atoms in total. The molecule has 0 amide bonds. The minimum atomic E-state index is -0.677. The first-order valence-corrected chi connectivity index (χ1v) is 7.97. The number of carboxylic acids is 1. The van der Waals surface area contributed by atoms with Crippen LogP contribution in [0.3, 0.4) is 0 Å². The average molecular weight is 278 g/mol. The van der Waals surface area contributed by atoms with Gasteiger partial charge in [0.15, 0.2) is 0 Å². The lowest BCUT2D eigenvalue weighted by atomic mass is 10.1. The summed E-state index contributed by atoms with van der Waals surface area (Å²) in [5.41, 5.74) is 0. The second-order valence-corrected chi connectivity index (χ2v) is 5.08. The first-order valence-electron chi connectivity index (χ1n) is 7.97. The second-order valence-electron chi connectivity index (χ2n) is 5.08. The molecule has 0 bridgehead atoms. The van der Waals surface area contributed by atoms with Crippen LogP contribution in [0.15, 0.2) is 36.5 Å². The van der Waals surface area contributed by atoms with E-state index in [-0.39, 0.29) is 0 Å². The van der Waals surface area contributed by atoms with E-state index in [2.05, 4.69) is 43.4 Å². The maximum atomic E-state index is 10.3. The molecular formula is C18H30O2. The van der Waals surface area contributed by atoms with Gasteiger partial charge in [-0.3, -0.25) is 4.79 Å². The highest BCUT2D eigenvalue weighted by Crippen LogP contribution is 2.07. The van der Waals surface area contributed by atoms with Crippen LogP contribution in [0.4, 0.5) is 0 Å². The van der Waals surface area contributed by atoms with Crippen molar-refractivity contribution in [2.45, 2.75) is 71.1 Å². The summed E-state index contributed by atoms with van der Waals surface area (Å²) in [5.74, 6) is -0.677. The van der Waals surface area contributed by atoms with E-state index in [1.54, 1.807) is 0 Å². The lowest BCUT2D eigenvalue weighted by molar-refractivity contribution is -0.137. The quantitative estimate of drug-likeness (QED) is 0.348. The molecule has 20 heavy (non-hydrogen) atoms. The van der Waals surface area contributed by atoms with Gasteiger partial charge in [-0.25, -0.2) is 0 Å². The monoisotopic (exact) mass is 278 g/mol. The van der Waals surface area contributed by atoms with E-state index in [9.17, 15) is 4.79 Å². The molecule has 1 N–H and O–H groups in total. The number of carboxylic acid groups (broad SMARTS) is 1. The minimum Gasteiger partial charge on any atom is -0.481 e. The highest BCUT2D eigenvalue weighted by Gasteiger charge is 1.95. The number of hydrogen-bond donors (Lipinski definition) is 1. The maximum Gasteiger partial charge on any atom is 0.303 e. The number of hydrogen-bond acceptors (Lipinski definition) is 1. The van der Waals surface area contributed by atoms with Gasteiger partial charge in [0.25, 0.3) is 0 Å². The van der Waals surface area contributed by atoms with Crippen molar-refractivity contribution in [2.75, 3.05) is 0 Å². The largest absolute Gasteiger partial charge is 0.481 e. The Kier molecular flexibility index (Phi) is 14.7. The summed E-state index contributed by atoms with van der Waals surface area (Å²) in [5, 5.41) is 8.50. The fraction of sp³-hybridized carbons (Fsp3) is 0.611. The van der Waals surface area contributed by atoms with Crippen molar-refractivity contribution in [1.82, 2.24) is 0 Å². The third-order valence-corrected chi connectivity index (χ3v) is 3.09. The van der Waals surface area contributed by atoms with Crippen molar-refractivity contribution in [3.05, 3.63) is 36.5 Å². The number of rotatable bonds is 13. The standard InChI is InChI=1S/C18H30O2/c1-2-3-4-5-6-7-8-9-10-11-12-13-14-15-16-17-18(19)20/h5-10H,2-4,11-17H2,1H3,(H,19,20)/b6-5+,8-7-,10-9-. The zero-order valence-electron chi connectivity index (χ0n) is 12.9. The van der Waals surface area contributed by atoms with Crippen LogP contribution >= 0.6 is 0 Å². The first kappa shape index (κ1) is 18.7. The Balaban J connectivity index is 3.29. The van der Waals surface area contributed by atoms with Crippen molar-refractivity contribution in [2.24, 2.45) is 0 Å². The summed E-state index contributed by atoms with van der Waals surface area (Å²) < 4.78 is 0. The molecule has 0 aromatic heterocycles. The Labute approximate surface area is 124 Å². The fourth-order valence-corrected chi connectivity index (χ4v) is 1.87. The van der Waals surface area contributed by atoms with Gasteiger partial charge in [-0.1, -0.05) is 75.5 Å². The molecule has 0 saturated carbocycles. The molecule has 0 aromatic rings. The lowest BCUT2D eigenvalue weighted by Crippen LogP contribution is -1.93. The molecular weight excluding hydrogens is 248 g/mol. The van der Waals surface area contributed by atoms with E-state index in [1.165, 1.54) is 32.1 Å². The molecule has 0 radical (unpaired) electrons. The van der Waals surface area contributed by atoms with Gasteiger partial charge in [-0.05, 0) is 25.7 Å². The zero-order chi connectivity index (χ0) is 14.9. The molecule has 0 saturated heterocycles. The number of unbranched alkanes of at least 4 members (excludes halogenated alkanes) is 7. The van der Waals surface area contributed by atoms with Crippen LogP contribution in [-0.2, 0) is 4.79 Å². The second kappa shape index (κ2) is 15.7. The normalized spacial score (nSPS) is 12.1. The van der Waals surface area contributed by atoms with Gasteiger partial charge < -0.3 is 5.11 Å². The van der Waals surface area contributed by atoms with Crippen LogP contribution in [0, 0.1) is 0 Å². The molecule has 0 aliphatic carbocycles. The lowest BCUT2D eigenvalue weighted by Gasteiger charge is -1.97. The zero-order valence-corrected chi connectivity index (χ0v) is 12.9. The highest BCUT2D eigenvalue weighted by atomic mass is 16.4. The Morgan fingerprint density at radius 1 is 0.800 bits per heavy atom. The summed E-state index contributed by atoms with van der Waals surface area (Å²) >= 11 is 0. The van der Waals surface area contributed by atoms with Crippen LogP contribution < -0.4 is 0 Å². The van der Waals surface area contributed by atoms with E-state index in [0.29, 0.717) is 6.42 Å². The average Bonchev–Trinajstić information content (AvgIpc) is 2.43. The van der Waals surface area contributed by atoms with E-state index in [4.69, 9.17) is 5.11 Å². The third kappa shape index (κ3) is 16.7. The molecule has 0 rings (SSSR count).